The number of anilines is 1. The Kier molecular flexibility index (Phi) is 5.44. The second kappa shape index (κ2) is 6.61. The second-order valence-corrected chi connectivity index (χ2v) is 4.38. The maximum Gasteiger partial charge on any atom is 0.254 e. The molecular formula is C13H19ClN2O2. The van der Waals surface area contributed by atoms with Gasteiger partial charge in [-0.1, -0.05) is 6.07 Å². The second-order valence-electron chi connectivity index (χ2n) is 4.38. The maximum absolute atomic E-state index is 12.2. The highest BCUT2D eigenvalue weighted by Crippen LogP contribution is 2.16. The van der Waals surface area contributed by atoms with Gasteiger partial charge in [-0.25, -0.2) is 0 Å². The van der Waals surface area contributed by atoms with Crippen LogP contribution in [0.4, 0.5) is 5.69 Å². The third-order valence-electron chi connectivity index (χ3n) is 3.13. The van der Waals surface area contributed by atoms with E-state index in [1.165, 1.54) is 0 Å². The molecule has 0 spiro atoms. The van der Waals surface area contributed by atoms with Crippen LogP contribution < -0.4 is 5.73 Å². The Hall–Kier alpha value is -1.26. The lowest BCUT2D eigenvalue weighted by atomic mass is 10.1. The number of nitrogens with two attached hydrogens (primary N) is 1. The van der Waals surface area contributed by atoms with Gasteiger partial charge in [0.05, 0.1) is 6.10 Å². The highest BCUT2D eigenvalue weighted by molar-refractivity contribution is 5.95. The molecule has 0 saturated carbocycles. The van der Waals surface area contributed by atoms with Gasteiger partial charge in [-0.15, -0.1) is 12.4 Å². The molecule has 1 saturated heterocycles. The molecule has 1 atom stereocenters. The first-order chi connectivity index (χ1) is 8.20. The Bertz CT molecular complexity index is 412. The van der Waals surface area contributed by atoms with Crippen molar-refractivity contribution >= 4 is 24.0 Å². The Morgan fingerprint density at radius 1 is 1.50 bits per heavy atom. The molecule has 18 heavy (non-hydrogen) atoms. The van der Waals surface area contributed by atoms with Crippen molar-refractivity contribution in [2.24, 2.45) is 0 Å². The summed E-state index contributed by atoms with van der Waals surface area (Å²) in [6.07, 6.45) is 2.18. The fourth-order valence-corrected chi connectivity index (χ4v) is 2.17. The number of nitrogens with zero attached hydrogens (tertiary/aromatic N) is 1. The lowest BCUT2D eigenvalue weighted by Gasteiger charge is -2.32. The van der Waals surface area contributed by atoms with Gasteiger partial charge in [0, 0.05) is 31.5 Å². The number of hydrogen-bond acceptors (Lipinski definition) is 3. The van der Waals surface area contributed by atoms with Crippen molar-refractivity contribution in [1.82, 2.24) is 4.90 Å². The van der Waals surface area contributed by atoms with Gasteiger partial charge in [-0.05, 0) is 31.0 Å². The van der Waals surface area contributed by atoms with Crippen LogP contribution in [-0.4, -0.2) is 37.1 Å². The summed E-state index contributed by atoms with van der Waals surface area (Å²) in [7, 11) is 1.69. The van der Waals surface area contributed by atoms with E-state index in [-0.39, 0.29) is 24.4 Å². The topological polar surface area (TPSA) is 55.6 Å². The van der Waals surface area contributed by atoms with Gasteiger partial charge in [0.15, 0.2) is 0 Å². The van der Waals surface area contributed by atoms with Crippen LogP contribution in [0.3, 0.4) is 0 Å². The first-order valence-electron chi connectivity index (χ1n) is 5.88. The van der Waals surface area contributed by atoms with Crippen LogP contribution in [0.1, 0.15) is 23.2 Å². The predicted molar refractivity (Wildman–Crippen MR) is 74.0 cm³/mol. The van der Waals surface area contributed by atoms with E-state index < -0.39 is 0 Å². The van der Waals surface area contributed by atoms with E-state index in [1.54, 1.807) is 31.4 Å². The number of benzene rings is 1. The smallest absolute Gasteiger partial charge is 0.254 e. The summed E-state index contributed by atoms with van der Waals surface area (Å²) in [6.45, 7) is 1.47. The van der Waals surface area contributed by atoms with Crippen molar-refractivity contribution < 1.29 is 9.53 Å². The minimum atomic E-state index is 0. The molecule has 0 bridgehead atoms. The normalized spacial score (nSPS) is 19.2. The quantitative estimate of drug-likeness (QED) is 0.836. The average Bonchev–Trinajstić information content (AvgIpc) is 2.38. The van der Waals surface area contributed by atoms with Gasteiger partial charge in [-0.3, -0.25) is 4.79 Å². The lowest BCUT2D eigenvalue weighted by molar-refractivity contribution is 0.0269. The number of nitrogen functional groups attached to an aromatic ring is 1. The van der Waals surface area contributed by atoms with Crippen LogP contribution in [-0.2, 0) is 4.74 Å². The Morgan fingerprint density at radius 3 is 2.94 bits per heavy atom. The summed E-state index contributed by atoms with van der Waals surface area (Å²) in [5.74, 6) is 0.0408. The molecule has 5 heteroatoms. The molecule has 1 fully saturated rings. The van der Waals surface area contributed by atoms with Gasteiger partial charge >= 0.3 is 0 Å². The number of hydrogen-bond donors (Lipinski definition) is 1. The number of rotatable bonds is 2. The summed E-state index contributed by atoms with van der Waals surface area (Å²) < 4.78 is 5.31. The Morgan fingerprint density at radius 2 is 2.28 bits per heavy atom. The zero-order valence-electron chi connectivity index (χ0n) is 10.5. The predicted octanol–water partition coefficient (Wildman–Crippen LogP) is 1.94. The monoisotopic (exact) mass is 270 g/mol. The number of carbonyl (C=O) groups is 1. The molecule has 1 aliphatic rings. The fraction of sp³-hybridized carbons (Fsp3) is 0.462. The molecule has 1 aromatic carbocycles. The molecule has 1 aliphatic heterocycles. The van der Waals surface area contributed by atoms with Crippen LogP contribution >= 0.6 is 12.4 Å². The molecule has 4 nitrogen and oxygen atoms in total. The number of amides is 1. The summed E-state index contributed by atoms with van der Waals surface area (Å²) in [5.41, 5.74) is 6.96. The molecule has 1 heterocycles. The molecular weight excluding hydrogens is 252 g/mol. The average molecular weight is 271 g/mol. The zero-order chi connectivity index (χ0) is 12.3. The maximum atomic E-state index is 12.2. The van der Waals surface area contributed by atoms with Crippen molar-refractivity contribution in [3.8, 4) is 0 Å². The molecule has 1 unspecified atom stereocenters. The van der Waals surface area contributed by atoms with Gasteiger partial charge in [0.25, 0.3) is 5.91 Å². The first kappa shape index (κ1) is 14.8. The zero-order valence-corrected chi connectivity index (χ0v) is 11.3. The highest BCUT2D eigenvalue weighted by Gasteiger charge is 2.24. The standard InChI is InChI=1S/C13H18N2O2.ClH/c1-17-12-6-3-7-15(9-12)13(16)10-4-2-5-11(14)8-10;/h2,4-5,8,12H,3,6-7,9,14H2,1H3;1H. The molecule has 2 rings (SSSR count). The minimum absolute atomic E-state index is 0. The number of carbonyl (C=O) groups excluding carboxylic acids is 1. The number of likely N-dealkylation sites (tertiary alicyclic amines) is 1. The summed E-state index contributed by atoms with van der Waals surface area (Å²) in [4.78, 5) is 14.1. The van der Waals surface area contributed by atoms with Gasteiger partial charge in [0.2, 0.25) is 0 Å². The Labute approximate surface area is 114 Å². The molecule has 1 aromatic rings. The van der Waals surface area contributed by atoms with Gasteiger partial charge in [-0.2, -0.15) is 0 Å². The van der Waals surface area contributed by atoms with E-state index in [0.717, 1.165) is 19.4 Å². The van der Waals surface area contributed by atoms with E-state index in [9.17, 15) is 4.79 Å². The van der Waals surface area contributed by atoms with E-state index in [4.69, 9.17) is 10.5 Å². The summed E-state index contributed by atoms with van der Waals surface area (Å²) in [6, 6.07) is 7.11. The van der Waals surface area contributed by atoms with Crippen LogP contribution in [0.25, 0.3) is 0 Å². The van der Waals surface area contributed by atoms with E-state index in [1.807, 2.05) is 4.90 Å². The third kappa shape index (κ3) is 3.37. The van der Waals surface area contributed by atoms with Crippen molar-refractivity contribution in [2.75, 3.05) is 25.9 Å². The fourth-order valence-electron chi connectivity index (χ4n) is 2.17. The first-order valence-corrected chi connectivity index (χ1v) is 5.88. The van der Waals surface area contributed by atoms with E-state index in [0.29, 0.717) is 17.8 Å². The summed E-state index contributed by atoms with van der Waals surface area (Å²) >= 11 is 0. The molecule has 0 aromatic heterocycles. The lowest BCUT2D eigenvalue weighted by Crippen LogP contribution is -2.42. The van der Waals surface area contributed by atoms with Crippen LogP contribution in [0, 0.1) is 0 Å². The molecule has 0 aliphatic carbocycles. The van der Waals surface area contributed by atoms with Crippen molar-refractivity contribution in [3.63, 3.8) is 0 Å². The van der Waals surface area contributed by atoms with E-state index >= 15 is 0 Å². The minimum Gasteiger partial charge on any atom is -0.399 e. The number of methoxy groups -OCH3 is 1. The van der Waals surface area contributed by atoms with Crippen LogP contribution in [0.5, 0.6) is 0 Å². The third-order valence-corrected chi connectivity index (χ3v) is 3.13. The number of halogens is 1. The molecule has 2 N–H and O–H groups in total. The molecule has 0 radical (unpaired) electrons. The molecule has 100 valence electrons. The van der Waals surface area contributed by atoms with Crippen molar-refractivity contribution in [2.45, 2.75) is 18.9 Å². The Balaban J connectivity index is 0.00000162. The van der Waals surface area contributed by atoms with Crippen molar-refractivity contribution in [1.29, 1.82) is 0 Å². The largest absolute Gasteiger partial charge is 0.399 e. The highest BCUT2D eigenvalue weighted by atomic mass is 35.5. The van der Waals surface area contributed by atoms with Crippen molar-refractivity contribution in [3.05, 3.63) is 29.8 Å². The molecule has 1 amide bonds. The van der Waals surface area contributed by atoms with Crippen LogP contribution in [0.2, 0.25) is 0 Å². The van der Waals surface area contributed by atoms with Gasteiger partial charge < -0.3 is 15.4 Å². The number of piperidine rings is 1. The van der Waals surface area contributed by atoms with E-state index in [2.05, 4.69) is 0 Å². The van der Waals surface area contributed by atoms with Gasteiger partial charge in [0.1, 0.15) is 0 Å². The summed E-state index contributed by atoms with van der Waals surface area (Å²) in [5, 5.41) is 0. The number of ether oxygens (including phenoxy) is 1. The van der Waals surface area contributed by atoms with Crippen LogP contribution in [0.15, 0.2) is 24.3 Å². The SMILES string of the molecule is COC1CCCN(C(=O)c2cccc(N)c2)C1.Cl.